The van der Waals surface area contributed by atoms with Crippen molar-refractivity contribution in [1.82, 2.24) is 0 Å². The summed E-state index contributed by atoms with van der Waals surface area (Å²) in [6.45, 7) is 1.69. The third-order valence-corrected chi connectivity index (χ3v) is 2.11. The summed E-state index contributed by atoms with van der Waals surface area (Å²) in [5, 5.41) is 0. The Bertz CT molecular complexity index is 325. The molecule has 0 heterocycles. The van der Waals surface area contributed by atoms with Gasteiger partial charge < -0.3 is 4.90 Å². The lowest BCUT2D eigenvalue weighted by Gasteiger charge is -2.30. The molecule has 4 heteroatoms. The molecule has 1 radical (unpaired) electrons. The Morgan fingerprint density at radius 3 is 2.60 bits per heavy atom. The average molecular weight is 216 g/mol. The highest BCUT2D eigenvalue weighted by Crippen LogP contribution is 2.27. The molecule has 0 bridgehead atoms. The first-order valence-electron chi connectivity index (χ1n) is 4.71. The first-order valence-corrected chi connectivity index (χ1v) is 4.71. The molecule has 83 valence electrons. The van der Waals surface area contributed by atoms with Gasteiger partial charge in [-0.1, -0.05) is 6.07 Å². The van der Waals surface area contributed by atoms with Crippen LogP contribution in [-0.2, 0) is 0 Å². The third kappa shape index (κ3) is 2.64. The van der Waals surface area contributed by atoms with Gasteiger partial charge in [-0.2, -0.15) is 8.78 Å². The summed E-state index contributed by atoms with van der Waals surface area (Å²) in [7, 11) is 0. The predicted octanol–water partition coefficient (Wildman–Crippen LogP) is 3.18. The van der Waals surface area contributed by atoms with E-state index in [9.17, 15) is 13.2 Å². The molecule has 0 fully saturated rings. The van der Waals surface area contributed by atoms with E-state index in [-0.39, 0.29) is 6.54 Å². The zero-order valence-electron chi connectivity index (χ0n) is 8.73. The van der Waals surface area contributed by atoms with E-state index >= 15 is 0 Å². The number of aryl methyl sites for hydroxylation is 1. The molecule has 0 saturated carbocycles. The van der Waals surface area contributed by atoms with Crippen LogP contribution in [0.4, 0.5) is 18.9 Å². The van der Waals surface area contributed by atoms with Crippen molar-refractivity contribution in [2.45, 2.75) is 19.9 Å². The topological polar surface area (TPSA) is 3.24 Å². The van der Waals surface area contributed by atoms with E-state index in [0.717, 1.165) is 10.5 Å². The van der Waals surface area contributed by atoms with E-state index in [4.69, 9.17) is 0 Å². The van der Waals surface area contributed by atoms with E-state index in [1.807, 2.05) is 0 Å². The number of anilines is 1. The maximum atomic E-state index is 13.2. The van der Waals surface area contributed by atoms with Crippen LogP contribution in [0.5, 0.6) is 0 Å². The lowest BCUT2D eigenvalue weighted by atomic mass is 10.2. The Kier molecular flexibility index (Phi) is 3.61. The van der Waals surface area contributed by atoms with E-state index < -0.39 is 12.7 Å². The summed E-state index contributed by atoms with van der Waals surface area (Å²) in [5.41, 5.74) is 1.07. The second-order valence-corrected chi connectivity index (χ2v) is 3.27. The number of hydrogen-bond donors (Lipinski definition) is 0. The van der Waals surface area contributed by atoms with Gasteiger partial charge in [0.2, 0.25) is 0 Å². The van der Waals surface area contributed by atoms with Gasteiger partial charge in [-0.25, -0.2) is 4.39 Å². The van der Waals surface area contributed by atoms with Gasteiger partial charge in [0.05, 0.1) is 0 Å². The van der Waals surface area contributed by atoms with E-state index in [0.29, 0.717) is 5.69 Å². The summed E-state index contributed by atoms with van der Waals surface area (Å²) in [4.78, 5) is 0.744. The molecule has 0 unspecified atom stereocenters. The fourth-order valence-corrected chi connectivity index (χ4v) is 1.41. The van der Waals surface area contributed by atoms with Crippen molar-refractivity contribution in [3.05, 3.63) is 29.8 Å². The molecule has 0 spiro atoms. The maximum absolute atomic E-state index is 13.2. The molecule has 0 aliphatic heterocycles. The Morgan fingerprint density at radius 1 is 1.47 bits per heavy atom. The highest BCUT2D eigenvalue weighted by atomic mass is 19.3. The molecule has 0 N–H and O–H groups in total. The standard InChI is InChI=1S/C11H13F3N/c1-3-15(11(13,14)8-12)10-6-4-5-9(2)7-10/h4,6-7H,3,8H2,1-2H3. The summed E-state index contributed by atoms with van der Waals surface area (Å²) in [6, 6.07) is 4.03. The summed E-state index contributed by atoms with van der Waals surface area (Å²) in [5.74, 6) is 0. The molecule has 1 aromatic carbocycles. The number of hydrogen-bond acceptors (Lipinski definition) is 1. The summed E-state index contributed by atoms with van der Waals surface area (Å²) >= 11 is 0. The van der Waals surface area contributed by atoms with Crippen LogP contribution in [0.15, 0.2) is 18.2 Å². The Balaban J connectivity index is 3.02. The Hall–Kier alpha value is -1.19. The second kappa shape index (κ2) is 4.55. The fourth-order valence-electron chi connectivity index (χ4n) is 1.41. The van der Waals surface area contributed by atoms with Crippen LogP contribution in [0.3, 0.4) is 0 Å². The highest BCUT2D eigenvalue weighted by molar-refractivity contribution is 5.49. The number of alkyl halides is 3. The van der Waals surface area contributed by atoms with Gasteiger partial charge in [-0.05, 0) is 37.6 Å². The van der Waals surface area contributed by atoms with Gasteiger partial charge >= 0.3 is 6.05 Å². The molecule has 0 amide bonds. The zero-order valence-corrected chi connectivity index (χ0v) is 8.73. The average Bonchev–Trinajstić information content (AvgIpc) is 2.18. The highest BCUT2D eigenvalue weighted by Gasteiger charge is 2.36. The molecule has 1 aromatic rings. The third-order valence-electron chi connectivity index (χ3n) is 2.11. The van der Waals surface area contributed by atoms with Crippen molar-refractivity contribution in [1.29, 1.82) is 0 Å². The van der Waals surface area contributed by atoms with E-state index in [1.54, 1.807) is 26.0 Å². The molecule has 0 aliphatic carbocycles. The van der Waals surface area contributed by atoms with Crippen molar-refractivity contribution in [3.8, 4) is 0 Å². The largest absolute Gasteiger partial charge is 0.353 e. The van der Waals surface area contributed by atoms with E-state index in [1.165, 1.54) is 6.07 Å². The minimum Gasteiger partial charge on any atom is -0.311 e. The van der Waals surface area contributed by atoms with Crippen LogP contribution in [0.1, 0.15) is 12.5 Å². The number of halogens is 3. The zero-order chi connectivity index (χ0) is 11.5. The molecule has 1 rings (SSSR count). The van der Waals surface area contributed by atoms with Gasteiger partial charge in [-0.3, -0.25) is 0 Å². The van der Waals surface area contributed by atoms with Gasteiger partial charge in [0.25, 0.3) is 0 Å². The Labute approximate surface area is 87.5 Å². The molecule has 0 aromatic heterocycles. The molecule has 0 atom stereocenters. The van der Waals surface area contributed by atoms with Crippen LogP contribution in [0, 0.1) is 13.0 Å². The van der Waals surface area contributed by atoms with Gasteiger partial charge in [0, 0.05) is 12.2 Å². The molecule has 1 nitrogen and oxygen atoms in total. The summed E-state index contributed by atoms with van der Waals surface area (Å²) < 4.78 is 38.5. The van der Waals surface area contributed by atoms with Crippen LogP contribution < -0.4 is 4.90 Å². The maximum Gasteiger partial charge on any atom is 0.353 e. The van der Waals surface area contributed by atoms with Gasteiger partial charge in [0.1, 0.15) is 0 Å². The molecule has 0 saturated heterocycles. The minimum absolute atomic E-state index is 0.0559. The fraction of sp³-hybridized carbons (Fsp3) is 0.455. The lowest BCUT2D eigenvalue weighted by Crippen LogP contribution is -2.43. The normalized spacial score (nSPS) is 11.5. The second-order valence-electron chi connectivity index (χ2n) is 3.27. The minimum atomic E-state index is -3.44. The van der Waals surface area contributed by atoms with Crippen LogP contribution in [-0.4, -0.2) is 19.3 Å². The van der Waals surface area contributed by atoms with Crippen LogP contribution in [0.2, 0.25) is 0 Å². The monoisotopic (exact) mass is 216 g/mol. The van der Waals surface area contributed by atoms with Crippen LogP contribution >= 0.6 is 0 Å². The van der Waals surface area contributed by atoms with E-state index in [2.05, 4.69) is 6.07 Å². The molecule has 0 aliphatic rings. The van der Waals surface area contributed by atoms with Crippen molar-refractivity contribution >= 4 is 5.69 Å². The smallest absolute Gasteiger partial charge is 0.311 e. The SMILES string of the molecule is CCN(c1cc[c]c(C)c1)C(F)(F)CF. The number of rotatable bonds is 4. The van der Waals surface area contributed by atoms with Crippen molar-refractivity contribution in [3.63, 3.8) is 0 Å². The quantitative estimate of drug-likeness (QED) is 0.699. The first kappa shape index (κ1) is 11.9. The molecular formula is C11H13F3N. The van der Waals surface area contributed by atoms with Gasteiger partial charge in [0.15, 0.2) is 6.67 Å². The molecule has 15 heavy (non-hydrogen) atoms. The predicted molar refractivity (Wildman–Crippen MR) is 54.0 cm³/mol. The van der Waals surface area contributed by atoms with Crippen molar-refractivity contribution in [2.75, 3.05) is 18.1 Å². The Morgan fingerprint density at radius 2 is 2.13 bits per heavy atom. The van der Waals surface area contributed by atoms with Crippen LogP contribution in [0.25, 0.3) is 0 Å². The molecular weight excluding hydrogens is 203 g/mol. The number of nitrogens with zero attached hydrogens (tertiary/aromatic N) is 1. The van der Waals surface area contributed by atoms with Gasteiger partial charge in [-0.15, -0.1) is 0 Å². The lowest BCUT2D eigenvalue weighted by molar-refractivity contribution is -0.0242. The van der Waals surface area contributed by atoms with Crippen molar-refractivity contribution in [2.24, 2.45) is 0 Å². The first-order chi connectivity index (χ1) is 7.01. The van der Waals surface area contributed by atoms with Crippen molar-refractivity contribution < 1.29 is 13.2 Å². The summed E-state index contributed by atoms with van der Waals surface area (Å²) in [6.07, 6.45) is 0. The number of benzene rings is 1.